The van der Waals surface area contributed by atoms with Gasteiger partial charge in [0.2, 0.25) is 0 Å². The predicted molar refractivity (Wildman–Crippen MR) is 46.2 cm³/mol. The summed E-state index contributed by atoms with van der Waals surface area (Å²) in [6.07, 6.45) is 3.60. The summed E-state index contributed by atoms with van der Waals surface area (Å²) in [4.78, 5) is 0. The molecule has 0 amide bonds. The standard InChI is InChI=1S/C8H18N2O2/c9-10-8(6-12)3-1-7(5-11)2-4-8/h7,10-12H,1-6,9H2. The van der Waals surface area contributed by atoms with Crippen molar-refractivity contribution in [2.45, 2.75) is 31.2 Å². The zero-order valence-electron chi connectivity index (χ0n) is 7.29. The van der Waals surface area contributed by atoms with Crippen molar-refractivity contribution in [1.82, 2.24) is 5.43 Å². The summed E-state index contributed by atoms with van der Waals surface area (Å²) in [6.45, 7) is 0.341. The van der Waals surface area contributed by atoms with Gasteiger partial charge in [0.25, 0.3) is 0 Å². The molecule has 0 aliphatic heterocycles. The van der Waals surface area contributed by atoms with Gasteiger partial charge in [-0.3, -0.25) is 11.3 Å². The third kappa shape index (κ3) is 1.95. The Morgan fingerprint density at radius 2 is 1.92 bits per heavy atom. The molecule has 0 atom stereocenters. The summed E-state index contributed by atoms with van der Waals surface area (Å²) in [5.74, 6) is 5.76. The smallest absolute Gasteiger partial charge is 0.0626 e. The van der Waals surface area contributed by atoms with Crippen LogP contribution in [0.4, 0.5) is 0 Å². The van der Waals surface area contributed by atoms with Crippen LogP contribution < -0.4 is 11.3 Å². The minimum absolute atomic E-state index is 0.0850. The first-order chi connectivity index (χ1) is 5.76. The molecule has 1 aliphatic rings. The summed E-state index contributed by atoms with van der Waals surface area (Å²) in [6, 6.07) is 0. The van der Waals surface area contributed by atoms with Crippen LogP contribution >= 0.6 is 0 Å². The lowest BCUT2D eigenvalue weighted by molar-refractivity contribution is 0.0833. The second kappa shape index (κ2) is 4.18. The molecule has 1 fully saturated rings. The van der Waals surface area contributed by atoms with Crippen molar-refractivity contribution in [3.8, 4) is 0 Å². The molecule has 0 aromatic rings. The number of hydrogen-bond acceptors (Lipinski definition) is 4. The van der Waals surface area contributed by atoms with Crippen LogP contribution in [0, 0.1) is 5.92 Å². The lowest BCUT2D eigenvalue weighted by atomic mass is 9.77. The molecule has 4 heteroatoms. The van der Waals surface area contributed by atoms with E-state index in [9.17, 15) is 0 Å². The average molecular weight is 174 g/mol. The van der Waals surface area contributed by atoms with Gasteiger partial charge >= 0.3 is 0 Å². The highest BCUT2D eigenvalue weighted by Crippen LogP contribution is 2.30. The molecule has 0 heterocycles. The van der Waals surface area contributed by atoms with Gasteiger partial charge in [-0.25, -0.2) is 0 Å². The summed E-state index contributed by atoms with van der Waals surface area (Å²) in [5, 5.41) is 18.0. The molecule has 0 spiro atoms. The van der Waals surface area contributed by atoms with E-state index in [-0.39, 0.29) is 18.8 Å². The highest BCUT2D eigenvalue weighted by molar-refractivity contribution is 4.90. The Labute approximate surface area is 72.7 Å². The number of aliphatic hydroxyl groups excluding tert-OH is 2. The maximum atomic E-state index is 9.10. The Kier molecular flexibility index (Phi) is 3.46. The lowest BCUT2D eigenvalue weighted by Crippen LogP contribution is -2.54. The molecule has 0 radical (unpaired) electrons. The largest absolute Gasteiger partial charge is 0.396 e. The van der Waals surface area contributed by atoms with Gasteiger partial charge in [0.1, 0.15) is 0 Å². The Bertz CT molecular complexity index is 127. The normalized spacial score (nSPS) is 36.8. The molecule has 0 bridgehead atoms. The first-order valence-electron chi connectivity index (χ1n) is 4.46. The molecule has 0 aromatic heterocycles. The van der Waals surface area contributed by atoms with E-state index in [1.807, 2.05) is 0 Å². The lowest BCUT2D eigenvalue weighted by Gasteiger charge is -2.37. The molecule has 1 saturated carbocycles. The van der Waals surface area contributed by atoms with Gasteiger partial charge in [0.15, 0.2) is 0 Å². The number of rotatable bonds is 3. The molecular weight excluding hydrogens is 156 g/mol. The van der Waals surface area contributed by atoms with Crippen LogP contribution in [-0.4, -0.2) is 29.0 Å². The molecule has 0 aromatic carbocycles. The van der Waals surface area contributed by atoms with Crippen LogP contribution in [0.15, 0.2) is 0 Å². The fourth-order valence-corrected chi connectivity index (χ4v) is 1.76. The molecule has 1 rings (SSSR count). The van der Waals surface area contributed by atoms with Gasteiger partial charge in [-0.15, -0.1) is 0 Å². The summed E-state index contributed by atoms with van der Waals surface area (Å²) >= 11 is 0. The number of hydrazine groups is 1. The third-order valence-corrected chi connectivity index (χ3v) is 2.93. The van der Waals surface area contributed by atoms with E-state index in [4.69, 9.17) is 16.1 Å². The van der Waals surface area contributed by atoms with Crippen molar-refractivity contribution in [2.75, 3.05) is 13.2 Å². The van der Waals surface area contributed by atoms with Crippen molar-refractivity contribution in [1.29, 1.82) is 0 Å². The summed E-state index contributed by atoms with van der Waals surface area (Å²) in [5.41, 5.74) is 2.39. The van der Waals surface area contributed by atoms with Crippen molar-refractivity contribution >= 4 is 0 Å². The molecule has 0 saturated heterocycles. The van der Waals surface area contributed by atoms with Gasteiger partial charge in [-0.05, 0) is 31.6 Å². The fraction of sp³-hybridized carbons (Fsp3) is 1.00. The van der Waals surface area contributed by atoms with Crippen LogP contribution in [-0.2, 0) is 0 Å². The maximum absolute atomic E-state index is 9.10. The summed E-state index contributed by atoms with van der Waals surface area (Å²) < 4.78 is 0. The van der Waals surface area contributed by atoms with Gasteiger partial charge in [-0.2, -0.15) is 0 Å². The summed E-state index contributed by atoms with van der Waals surface area (Å²) in [7, 11) is 0. The van der Waals surface area contributed by atoms with Gasteiger partial charge in [0, 0.05) is 6.61 Å². The molecule has 4 nitrogen and oxygen atoms in total. The number of aliphatic hydroxyl groups is 2. The van der Waals surface area contributed by atoms with Crippen LogP contribution in [0.25, 0.3) is 0 Å². The van der Waals surface area contributed by atoms with E-state index in [0.29, 0.717) is 5.92 Å². The van der Waals surface area contributed by atoms with Gasteiger partial charge in [0.05, 0.1) is 12.1 Å². The second-order valence-corrected chi connectivity index (χ2v) is 3.71. The third-order valence-electron chi connectivity index (χ3n) is 2.93. The molecular formula is C8H18N2O2. The van der Waals surface area contributed by atoms with E-state index in [1.54, 1.807) is 0 Å². The van der Waals surface area contributed by atoms with Crippen molar-refractivity contribution < 1.29 is 10.2 Å². The number of nitrogens with two attached hydrogens (primary N) is 1. The Morgan fingerprint density at radius 3 is 2.25 bits per heavy atom. The van der Waals surface area contributed by atoms with Gasteiger partial charge in [-0.1, -0.05) is 0 Å². The van der Waals surface area contributed by atoms with Crippen LogP contribution in [0.5, 0.6) is 0 Å². The second-order valence-electron chi connectivity index (χ2n) is 3.71. The Morgan fingerprint density at radius 1 is 1.33 bits per heavy atom. The van der Waals surface area contributed by atoms with Crippen molar-refractivity contribution in [3.05, 3.63) is 0 Å². The van der Waals surface area contributed by atoms with E-state index in [2.05, 4.69) is 5.43 Å². The molecule has 12 heavy (non-hydrogen) atoms. The van der Waals surface area contributed by atoms with E-state index >= 15 is 0 Å². The highest BCUT2D eigenvalue weighted by Gasteiger charge is 2.33. The van der Waals surface area contributed by atoms with Crippen LogP contribution in [0.2, 0.25) is 0 Å². The SMILES string of the molecule is NNC1(CO)CCC(CO)CC1. The van der Waals surface area contributed by atoms with Crippen LogP contribution in [0.1, 0.15) is 25.7 Å². The maximum Gasteiger partial charge on any atom is 0.0626 e. The Balaban J connectivity index is 2.42. The van der Waals surface area contributed by atoms with Crippen LogP contribution in [0.3, 0.4) is 0 Å². The minimum Gasteiger partial charge on any atom is -0.396 e. The predicted octanol–water partition coefficient (Wildman–Crippen LogP) is -0.637. The fourth-order valence-electron chi connectivity index (χ4n) is 1.76. The zero-order chi connectivity index (χ0) is 9.03. The van der Waals surface area contributed by atoms with E-state index in [0.717, 1.165) is 25.7 Å². The van der Waals surface area contributed by atoms with E-state index < -0.39 is 0 Å². The first-order valence-corrected chi connectivity index (χ1v) is 4.46. The molecule has 5 N–H and O–H groups in total. The highest BCUT2D eigenvalue weighted by atomic mass is 16.3. The Hall–Kier alpha value is -0.160. The number of nitrogens with one attached hydrogen (secondary N) is 1. The first kappa shape index (κ1) is 9.92. The van der Waals surface area contributed by atoms with Gasteiger partial charge < -0.3 is 10.2 Å². The molecule has 72 valence electrons. The average Bonchev–Trinajstić information content (AvgIpc) is 2.18. The quantitative estimate of drug-likeness (QED) is 0.339. The van der Waals surface area contributed by atoms with Crippen molar-refractivity contribution in [3.63, 3.8) is 0 Å². The van der Waals surface area contributed by atoms with Crippen molar-refractivity contribution in [2.24, 2.45) is 11.8 Å². The molecule has 1 aliphatic carbocycles. The topological polar surface area (TPSA) is 78.5 Å². The number of hydrogen-bond donors (Lipinski definition) is 4. The van der Waals surface area contributed by atoms with E-state index in [1.165, 1.54) is 0 Å². The zero-order valence-corrected chi connectivity index (χ0v) is 7.29. The molecule has 0 unspecified atom stereocenters. The monoisotopic (exact) mass is 174 g/mol. The minimum atomic E-state index is -0.286.